The SMILES string of the molecule is CC(C)(C)OC(=O)N1CCC(CC(=O)NCc2nccnc2-c2ccsc2)CC1. The second-order valence-corrected chi connectivity index (χ2v) is 9.04. The first kappa shape index (κ1) is 21.2. The number of nitrogens with zero attached hydrogens (tertiary/aromatic N) is 3. The van der Waals surface area contributed by atoms with Crippen molar-refractivity contribution in [1.82, 2.24) is 20.2 Å². The molecule has 0 aliphatic carbocycles. The number of carbonyl (C=O) groups is 2. The van der Waals surface area contributed by atoms with Gasteiger partial charge in [0, 0.05) is 42.8 Å². The van der Waals surface area contributed by atoms with E-state index in [1.165, 1.54) is 0 Å². The first-order valence-corrected chi connectivity index (χ1v) is 10.8. The zero-order chi connectivity index (χ0) is 20.9. The molecule has 2 aromatic heterocycles. The van der Waals surface area contributed by atoms with Gasteiger partial charge < -0.3 is 15.0 Å². The van der Waals surface area contributed by atoms with Crippen LogP contribution in [0.3, 0.4) is 0 Å². The molecule has 0 radical (unpaired) electrons. The first-order valence-electron chi connectivity index (χ1n) is 9.89. The average Bonchev–Trinajstić information content (AvgIpc) is 3.20. The Morgan fingerprint density at radius 1 is 1.24 bits per heavy atom. The Balaban J connectivity index is 1.45. The minimum atomic E-state index is -0.490. The number of thiophene rings is 1. The maximum Gasteiger partial charge on any atom is 0.410 e. The highest BCUT2D eigenvalue weighted by Gasteiger charge is 2.27. The molecule has 1 saturated heterocycles. The Kier molecular flexibility index (Phi) is 6.84. The molecule has 1 aliphatic heterocycles. The third-order valence-electron chi connectivity index (χ3n) is 4.76. The fourth-order valence-electron chi connectivity index (χ4n) is 3.30. The maximum absolute atomic E-state index is 12.4. The number of rotatable bonds is 5. The van der Waals surface area contributed by atoms with Gasteiger partial charge in [0.1, 0.15) is 5.60 Å². The lowest BCUT2D eigenvalue weighted by Gasteiger charge is -2.33. The number of amides is 2. The van der Waals surface area contributed by atoms with Crippen LogP contribution in [-0.2, 0) is 16.1 Å². The summed E-state index contributed by atoms with van der Waals surface area (Å²) in [5.74, 6) is 0.273. The van der Waals surface area contributed by atoms with E-state index in [1.54, 1.807) is 28.6 Å². The topological polar surface area (TPSA) is 84.4 Å². The first-order chi connectivity index (χ1) is 13.8. The third kappa shape index (κ3) is 6.25. The predicted molar refractivity (Wildman–Crippen MR) is 112 cm³/mol. The Bertz CT molecular complexity index is 825. The van der Waals surface area contributed by atoms with Gasteiger partial charge in [0.05, 0.1) is 17.9 Å². The number of hydrogen-bond acceptors (Lipinski definition) is 6. The van der Waals surface area contributed by atoms with Crippen LogP contribution in [-0.4, -0.2) is 45.6 Å². The molecule has 0 unspecified atom stereocenters. The largest absolute Gasteiger partial charge is 0.444 e. The lowest BCUT2D eigenvalue weighted by Crippen LogP contribution is -2.42. The molecule has 1 N–H and O–H groups in total. The maximum atomic E-state index is 12.4. The van der Waals surface area contributed by atoms with Gasteiger partial charge in [-0.15, -0.1) is 0 Å². The monoisotopic (exact) mass is 416 g/mol. The van der Waals surface area contributed by atoms with Crippen LogP contribution in [0.15, 0.2) is 29.2 Å². The van der Waals surface area contributed by atoms with Gasteiger partial charge >= 0.3 is 6.09 Å². The summed E-state index contributed by atoms with van der Waals surface area (Å²) in [6.45, 7) is 7.20. The number of nitrogens with one attached hydrogen (secondary N) is 1. The van der Waals surface area contributed by atoms with Gasteiger partial charge in [0.15, 0.2) is 0 Å². The summed E-state index contributed by atoms with van der Waals surface area (Å²) < 4.78 is 5.42. The molecule has 8 heteroatoms. The van der Waals surface area contributed by atoms with Crippen LogP contribution in [0.5, 0.6) is 0 Å². The molecular weight excluding hydrogens is 388 g/mol. The van der Waals surface area contributed by atoms with Crippen LogP contribution in [0.25, 0.3) is 11.3 Å². The van der Waals surface area contributed by atoms with Crippen molar-refractivity contribution >= 4 is 23.3 Å². The van der Waals surface area contributed by atoms with Crippen molar-refractivity contribution in [2.45, 2.75) is 52.2 Å². The van der Waals surface area contributed by atoms with Crippen molar-refractivity contribution in [1.29, 1.82) is 0 Å². The van der Waals surface area contributed by atoms with E-state index in [1.807, 2.05) is 37.6 Å². The molecule has 0 saturated carbocycles. The highest BCUT2D eigenvalue weighted by atomic mass is 32.1. The normalized spacial score (nSPS) is 15.2. The molecule has 156 valence electrons. The van der Waals surface area contributed by atoms with E-state index < -0.39 is 5.60 Å². The summed E-state index contributed by atoms with van der Waals surface area (Å²) in [4.78, 5) is 35.1. The van der Waals surface area contributed by atoms with Gasteiger partial charge in [0.25, 0.3) is 0 Å². The molecule has 3 rings (SSSR count). The number of piperidine rings is 1. The highest BCUT2D eigenvalue weighted by Crippen LogP contribution is 2.24. The van der Waals surface area contributed by atoms with Crippen LogP contribution < -0.4 is 5.32 Å². The van der Waals surface area contributed by atoms with Crippen LogP contribution in [0, 0.1) is 5.92 Å². The Morgan fingerprint density at radius 3 is 2.62 bits per heavy atom. The molecule has 1 fully saturated rings. The van der Waals surface area contributed by atoms with Crippen LogP contribution in [0.1, 0.15) is 45.7 Å². The quantitative estimate of drug-likeness (QED) is 0.800. The van der Waals surface area contributed by atoms with Gasteiger partial charge in [-0.1, -0.05) is 0 Å². The highest BCUT2D eigenvalue weighted by molar-refractivity contribution is 7.08. The van der Waals surface area contributed by atoms with Crippen molar-refractivity contribution in [3.63, 3.8) is 0 Å². The number of ether oxygens (including phenoxy) is 1. The van der Waals surface area contributed by atoms with Crippen LogP contribution >= 0.6 is 11.3 Å². The molecule has 2 amide bonds. The second-order valence-electron chi connectivity index (χ2n) is 8.26. The van der Waals surface area contributed by atoms with E-state index in [4.69, 9.17) is 4.74 Å². The fraction of sp³-hybridized carbons (Fsp3) is 0.524. The predicted octanol–water partition coefficient (Wildman–Crippen LogP) is 3.86. The Hall–Kier alpha value is -2.48. The Morgan fingerprint density at radius 2 is 1.97 bits per heavy atom. The molecule has 0 atom stereocenters. The van der Waals surface area contributed by atoms with Crippen molar-refractivity contribution in [3.8, 4) is 11.3 Å². The zero-order valence-electron chi connectivity index (χ0n) is 17.2. The number of carbonyl (C=O) groups excluding carboxylic acids is 2. The zero-order valence-corrected chi connectivity index (χ0v) is 18.0. The molecule has 0 bridgehead atoms. The van der Waals surface area contributed by atoms with E-state index in [-0.39, 0.29) is 17.9 Å². The molecular formula is C21H28N4O3S. The lowest BCUT2D eigenvalue weighted by atomic mass is 9.93. The van der Waals surface area contributed by atoms with E-state index in [0.29, 0.717) is 26.1 Å². The lowest BCUT2D eigenvalue weighted by molar-refractivity contribution is -0.122. The molecule has 1 aliphatic rings. The third-order valence-corrected chi connectivity index (χ3v) is 5.45. The minimum Gasteiger partial charge on any atom is -0.444 e. The molecule has 2 aromatic rings. The van der Waals surface area contributed by atoms with Gasteiger partial charge in [-0.25, -0.2) is 4.79 Å². The van der Waals surface area contributed by atoms with Gasteiger partial charge in [-0.2, -0.15) is 11.3 Å². The van der Waals surface area contributed by atoms with E-state index in [2.05, 4.69) is 15.3 Å². The van der Waals surface area contributed by atoms with Crippen LogP contribution in [0.4, 0.5) is 4.79 Å². The number of hydrogen-bond donors (Lipinski definition) is 1. The van der Waals surface area contributed by atoms with Crippen molar-refractivity contribution in [2.24, 2.45) is 5.92 Å². The van der Waals surface area contributed by atoms with Gasteiger partial charge in [-0.3, -0.25) is 14.8 Å². The molecule has 0 spiro atoms. The molecule has 29 heavy (non-hydrogen) atoms. The van der Waals surface area contributed by atoms with Crippen molar-refractivity contribution in [3.05, 3.63) is 34.9 Å². The van der Waals surface area contributed by atoms with Crippen molar-refractivity contribution in [2.75, 3.05) is 13.1 Å². The smallest absolute Gasteiger partial charge is 0.410 e. The van der Waals surface area contributed by atoms with Crippen LogP contribution in [0.2, 0.25) is 0 Å². The summed E-state index contributed by atoms with van der Waals surface area (Å²) in [5, 5.41) is 6.99. The van der Waals surface area contributed by atoms with Gasteiger partial charge in [0.2, 0.25) is 5.91 Å². The van der Waals surface area contributed by atoms with Crippen molar-refractivity contribution < 1.29 is 14.3 Å². The number of likely N-dealkylation sites (tertiary alicyclic amines) is 1. The standard InChI is InChI=1S/C21H28N4O3S/c1-21(2,3)28-20(27)25-9-4-15(5-10-25)12-18(26)24-13-17-19(23-8-7-22-17)16-6-11-29-14-16/h6-8,11,14-15H,4-5,9-10,12-13H2,1-3H3,(H,24,26). The summed E-state index contributed by atoms with van der Waals surface area (Å²) in [6.07, 6.45) is 5.09. The summed E-state index contributed by atoms with van der Waals surface area (Å²) in [5.41, 5.74) is 2.09. The molecule has 0 aromatic carbocycles. The fourth-order valence-corrected chi connectivity index (χ4v) is 3.94. The minimum absolute atomic E-state index is 0.00244. The number of aromatic nitrogens is 2. The average molecular weight is 417 g/mol. The van der Waals surface area contributed by atoms with Gasteiger partial charge in [-0.05, 0) is 51.0 Å². The summed E-state index contributed by atoms with van der Waals surface area (Å²) >= 11 is 1.60. The van der Waals surface area contributed by atoms with E-state index in [0.717, 1.165) is 29.8 Å². The summed E-state index contributed by atoms with van der Waals surface area (Å²) in [7, 11) is 0. The molecule has 3 heterocycles. The van der Waals surface area contributed by atoms with E-state index in [9.17, 15) is 9.59 Å². The molecule has 7 nitrogen and oxygen atoms in total. The second kappa shape index (κ2) is 9.35. The van der Waals surface area contributed by atoms with E-state index >= 15 is 0 Å². The summed E-state index contributed by atoms with van der Waals surface area (Å²) in [6, 6.07) is 2.00. The Labute approximate surface area is 175 Å².